The molecule has 3 aromatic carbocycles. The van der Waals surface area contributed by atoms with Gasteiger partial charge in [0, 0.05) is 29.0 Å². The highest BCUT2D eigenvalue weighted by atomic mass is 19.2. The van der Waals surface area contributed by atoms with E-state index in [1.54, 1.807) is 12.1 Å². The maximum absolute atomic E-state index is 15.2. The second kappa shape index (κ2) is 10.1. The third-order valence-electron chi connectivity index (χ3n) is 7.28. The molecule has 35 heavy (non-hydrogen) atoms. The number of rotatable bonds is 6. The van der Waals surface area contributed by atoms with E-state index in [1.807, 2.05) is 37.3 Å². The lowest BCUT2D eigenvalue weighted by Crippen LogP contribution is -2.24. The standard InChI is InChI=1S/C30H31F3O2/c1-3-5-20-11-12-21-15-23-16-25(27(32)28(33)30(23)35-29(21)26(20)31)19-9-7-18(8-10-19)22-13-14-24(6-4-2)34-17-22/h7-12,16,22,24H,3-6,13-15,17H2,1-2H3. The van der Waals surface area contributed by atoms with Gasteiger partial charge in [-0.1, -0.05) is 63.1 Å². The van der Waals surface area contributed by atoms with Gasteiger partial charge in [0.2, 0.25) is 5.82 Å². The van der Waals surface area contributed by atoms with Crippen molar-refractivity contribution in [3.05, 3.63) is 82.2 Å². The van der Waals surface area contributed by atoms with Gasteiger partial charge in [0.05, 0.1) is 12.7 Å². The molecular weight excluding hydrogens is 449 g/mol. The Morgan fingerprint density at radius 1 is 0.829 bits per heavy atom. The van der Waals surface area contributed by atoms with E-state index >= 15 is 8.78 Å². The second-order valence-corrected chi connectivity index (χ2v) is 9.74. The summed E-state index contributed by atoms with van der Waals surface area (Å²) in [6, 6.07) is 12.8. The molecule has 184 valence electrons. The van der Waals surface area contributed by atoms with Crippen LogP contribution in [0.5, 0.6) is 11.5 Å². The first kappa shape index (κ1) is 23.9. The monoisotopic (exact) mass is 480 g/mol. The zero-order valence-corrected chi connectivity index (χ0v) is 20.3. The zero-order chi connectivity index (χ0) is 24.5. The maximum atomic E-state index is 15.2. The number of aryl methyl sites for hydroxylation is 1. The third-order valence-corrected chi connectivity index (χ3v) is 7.28. The van der Waals surface area contributed by atoms with Gasteiger partial charge in [0.1, 0.15) is 0 Å². The molecule has 0 saturated carbocycles. The molecule has 2 nitrogen and oxygen atoms in total. The van der Waals surface area contributed by atoms with Crippen molar-refractivity contribution in [2.75, 3.05) is 6.61 Å². The molecule has 5 rings (SSSR count). The Kier molecular flexibility index (Phi) is 6.88. The molecule has 2 unspecified atom stereocenters. The van der Waals surface area contributed by atoms with Gasteiger partial charge in [-0.3, -0.25) is 0 Å². The van der Waals surface area contributed by atoms with Crippen LogP contribution in [0.4, 0.5) is 13.2 Å². The smallest absolute Gasteiger partial charge is 0.202 e. The summed E-state index contributed by atoms with van der Waals surface area (Å²) in [5.41, 5.74) is 3.62. The first-order valence-electron chi connectivity index (χ1n) is 12.7. The van der Waals surface area contributed by atoms with E-state index in [1.165, 1.54) is 0 Å². The summed E-state index contributed by atoms with van der Waals surface area (Å²) in [4.78, 5) is 0. The van der Waals surface area contributed by atoms with E-state index in [0.29, 0.717) is 47.3 Å². The summed E-state index contributed by atoms with van der Waals surface area (Å²) in [6.45, 7) is 4.83. The molecule has 0 radical (unpaired) electrons. The van der Waals surface area contributed by atoms with Crippen LogP contribution in [-0.4, -0.2) is 12.7 Å². The van der Waals surface area contributed by atoms with Crippen LogP contribution in [0.15, 0.2) is 42.5 Å². The second-order valence-electron chi connectivity index (χ2n) is 9.74. The number of ether oxygens (including phenoxy) is 2. The molecule has 5 heteroatoms. The SMILES string of the molecule is CCCc1ccc2c(c1F)Oc1c(cc(-c3ccc(C4CCC(CCC)OC4)cc3)c(F)c1F)C2. The lowest BCUT2D eigenvalue weighted by Gasteiger charge is -2.29. The van der Waals surface area contributed by atoms with Crippen molar-refractivity contribution < 1.29 is 22.6 Å². The summed E-state index contributed by atoms with van der Waals surface area (Å²) in [5.74, 6) is -2.43. The molecule has 2 aliphatic rings. The van der Waals surface area contributed by atoms with Crippen LogP contribution in [0, 0.1) is 17.5 Å². The van der Waals surface area contributed by atoms with E-state index in [9.17, 15) is 4.39 Å². The number of fused-ring (bicyclic) bond motifs is 2. The van der Waals surface area contributed by atoms with Crippen molar-refractivity contribution in [1.29, 1.82) is 0 Å². The fraction of sp³-hybridized carbons (Fsp3) is 0.400. The molecule has 2 heterocycles. The zero-order valence-electron chi connectivity index (χ0n) is 20.3. The normalized spacial score (nSPS) is 19.1. The Morgan fingerprint density at radius 2 is 1.60 bits per heavy atom. The predicted molar refractivity (Wildman–Crippen MR) is 132 cm³/mol. The molecule has 0 spiro atoms. The summed E-state index contributed by atoms with van der Waals surface area (Å²) >= 11 is 0. The van der Waals surface area contributed by atoms with Gasteiger partial charge in [0.15, 0.2) is 23.1 Å². The van der Waals surface area contributed by atoms with Crippen LogP contribution in [0.3, 0.4) is 0 Å². The Labute approximate surface area is 205 Å². The van der Waals surface area contributed by atoms with Crippen molar-refractivity contribution in [3.8, 4) is 22.6 Å². The lowest BCUT2D eigenvalue weighted by molar-refractivity contribution is -0.00111. The van der Waals surface area contributed by atoms with E-state index in [-0.39, 0.29) is 23.5 Å². The van der Waals surface area contributed by atoms with E-state index in [4.69, 9.17) is 9.47 Å². The van der Waals surface area contributed by atoms with Gasteiger partial charge in [-0.15, -0.1) is 0 Å². The van der Waals surface area contributed by atoms with Crippen LogP contribution in [-0.2, 0) is 17.6 Å². The average molecular weight is 481 g/mol. The van der Waals surface area contributed by atoms with Gasteiger partial charge >= 0.3 is 0 Å². The van der Waals surface area contributed by atoms with Crippen LogP contribution in [0.1, 0.15) is 74.1 Å². The van der Waals surface area contributed by atoms with E-state index in [2.05, 4.69) is 6.92 Å². The predicted octanol–water partition coefficient (Wildman–Crippen LogP) is 8.48. The van der Waals surface area contributed by atoms with Crippen molar-refractivity contribution in [2.45, 2.75) is 70.8 Å². The molecule has 0 aliphatic carbocycles. The van der Waals surface area contributed by atoms with E-state index in [0.717, 1.165) is 37.7 Å². The Bertz CT molecular complexity index is 1210. The maximum Gasteiger partial charge on any atom is 0.202 e. The van der Waals surface area contributed by atoms with Gasteiger partial charge in [-0.2, -0.15) is 4.39 Å². The molecule has 3 aromatic rings. The van der Waals surface area contributed by atoms with Crippen molar-refractivity contribution in [1.82, 2.24) is 0 Å². The highest BCUT2D eigenvalue weighted by Gasteiger charge is 2.29. The summed E-state index contributed by atoms with van der Waals surface area (Å²) < 4.78 is 56.8. The van der Waals surface area contributed by atoms with E-state index < -0.39 is 17.5 Å². The fourth-order valence-electron chi connectivity index (χ4n) is 5.32. The van der Waals surface area contributed by atoms with Gasteiger partial charge < -0.3 is 9.47 Å². The van der Waals surface area contributed by atoms with Crippen molar-refractivity contribution in [3.63, 3.8) is 0 Å². The third kappa shape index (κ3) is 4.58. The minimum absolute atomic E-state index is 0.00901. The Balaban J connectivity index is 1.40. The lowest BCUT2D eigenvalue weighted by atomic mass is 9.89. The summed E-state index contributed by atoms with van der Waals surface area (Å²) in [5, 5.41) is 0. The molecule has 0 aromatic heterocycles. The molecule has 1 saturated heterocycles. The van der Waals surface area contributed by atoms with Gasteiger partial charge in [-0.05, 0) is 48.4 Å². The van der Waals surface area contributed by atoms with Crippen LogP contribution >= 0.6 is 0 Å². The Hall–Kier alpha value is -2.79. The van der Waals surface area contributed by atoms with Crippen LogP contribution < -0.4 is 4.74 Å². The van der Waals surface area contributed by atoms with Crippen LogP contribution in [0.25, 0.3) is 11.1 Å². The number of benzene rings is 3. The largest absolute Gasteiger partial charge is 0.450 e. The van der Waals surface area contributed by atoms with Gasteiger partial charge in [0.25, 0.3) is 0 Å². The molecule has 1 fully saturated rings. The molecular formula is C30H31F3O2. The first-order valence-corrected chi connectivity index (χ1v) is 12.7. The topological polar surface area (TPSA) is 18.5 Å². The quantitative estimate of drug-likeness (QED) is 0.275. The highest BCUT2D eigenvalue weighted by molar-refractivity contribution is 5.69. The molecule has 0 bridgehead atoms. The molecule has 0 amide bonds. The minimum Gasteiger partial charge on any atom is -0.450 e. The Morgan fingerprint density at radius 3 is 2.29 bits per heavy atom. The summed E-state index contributed by atoms with van der Waals surface area (Å²) in [6.07, 6.45) is 6.31. The number of halogens is 3. The summed E-state index contributed by atoms with van der Waals surface area (Å²) in [7, 11) is 0. The number of hydrogen-bond donors (Lipinski definition) is 0. The first-order chi connectivity index (χ1) is 17.0. The van der Waals surface area contributed by atoms with Gasteiger partial charge in [-0.25, -0.2) is 8.78 Å². The van der Waals surface area contributed by atoms with Crippen molar-refractivity contribution >= 4 is 0 Å². The highest BCUT2D eigenvalue weighted by Crippen LogP contribution is 2.44. The van der Waals surface area contributed by atoms with Crippen LogP contribution in [0.2, 0.25) is 0 Å². The number of hydrogen-bond acceptors (Lipinski definition) is 2. The molecule has 2 aliphatic heterocycles. The average Bonchev–Trinajstić information content (AvgIpc) is 2.88. The molecule has 0 N–H and O–H groups in total. The van der Waals surface area contributed by atoms with Crippen molar-refractivity contribution in [2.24, 2.45) is 0 Å². The fourth-order valence-corrected chi connectivity index (χ4v) is 5.32. The molecule has 2 atom stereocenters. The minimum atomic E-state index is -1.07.